The fourth-order valence-corrected chi connectivity index (χ4v) is 5.81. The quantitative estimate of drug-likeness (QED) is 0.279. The van der Waals surface area contributed by atoms with Gasteiger partial charge in [-0.15, -0.1) is 10.2 Å². The lowest BCUT2D eigenvalue weighted by Gasteiger charge is -2.36. The number of aliphatic hydroxyl groups excluding tert-OH is 1. The highest BCUT2D eigenvalue weighted by Gasteiger charge is 2.32. The Hall–Kier alpha value is -2.83. The second kappa shape index (κ2) is 13.3. The summed E-state index contributed by atoms with van der Waals surface area (Å²) in [7, 11) is 0. The lowest BCUT2D eigenvalue weighted by molar-refractivity contribution is -0.245. The van der Waals surface area contributed by atoms with Crippen LogP contribution in [-0.2, 0) is 37.0 Å². The van der Waals surface area contributed by atoms with Gasteiger partial charge in [0, 0.05) is 31.2 Å². The number of aromatic nitrogens is 2. The standard InChI is InChI=1S/C27H31N3O6S2/c1-16(34-18(3)32)25(33)28-13-19-4-10-22(11-5-19)26-35-23(15-37-27-30-29-17(2)38-27)12-24(36-26)21-8-6-20(14-31)7-9-21/h4-11,16,23-24,26,31H,12-15H2,1-3H3,(H,28,33)/t16-,23-,24+,26+/m0/s1. The molecule has 11 heteroatoms. The average molecular weight is 558 g/mol. The summed E-state index contributed by atoms with van der Waals surface area (Å²) < 4.78 is 18.6. The number of esters is 1. The van der Waals surface area contributed by atoms with Crippen molar-refractivity contribution in [3.05, 3.63) is 75.8 Å². The molecule has 0 unspecified atom stereocenters. The van der Waals surface area contributed by atoms with E-state index in [4.69, 9.17) is 14.2 Å². The van der Waals surface area contributed by atoms with Crippen LogP contribution in [0.25, 0.3) is 0 Å². The number of aryl methyl sites for hydroxylation is 1. The van der Waals surface area contributed by atoms with E-state index < -0.39 is 18.4 Å². The molecule has 1 fully saturated rings. The molecule has 4 atom stereocenters. The van der Waals surface area contributed by atoms with Crippen LogP contribution in [0.1, 0.15) is 59.9 Å². The van der Waals surface area contributed by atoms with Crippen molar-refractivity contribution in [1.82, 2.24) is 15.5 Å². The number of nitrogens with zero attached hydrogens (tertiary/aromatic N) is 2. The molecular weight excluding hydrogens is 526 g/mol. The fourth-order valence-electron chi connectivity index (χ4n) is 3.95. The number of ether oxygens (including phenoxy) is 3. The number of hydrogen-bond donors (Lipinski definition) is 2. The maximum absolute atomic E-state index is 12.1. The van der Waals surface area contributed by atoms with Gasteiger partial charge in [-0.05, 0) is 30.5 Å². The summed E-state index contributed by atoms with van der Waals surface area (Å²) in [5.41, 5.74) is 3.63. The van der Waals surface area contributed by atoms with Gasteiger partial charge in [0.1, 0.15) is 5.01 Å². The van der Waals surface area contributed by atoms with Crippen molar-refractivity contribution < 1.29 is 28.9 Å². The molecule has 202 valence electrons. The van der Waals surface area contributed by atoms with Gasteiger partial charge in [-0.25, -0.2) is 0 Å². The van der Waals surface area contributed by atoms with Crippen molar-refractivity contribution in [2.75, 3.05) is 5.75 Å². The number of rotatable bonds is 10. The molecule has 9 nitrogen and oxygen atoms in total. The zero-order valence-corrected chi connectivity index (χ0v) is 23.1. The largest absolute Gasteiger partial charge is 0.453 e. The smallest absolute Gasteiger partial charge is 0.303 e. The minimum absolute atomic E-state index is 0.00641. The summed E-state index contributed by atoms with van der Waals surface area (Å²) >= 11 is 3.19. The number of amides is 1. The molecular formula is C27H31N3O6S2. The monoisotopic (exact) mass is 557 g/mol. The molecule has 2 aromatic carbocycles. The lowest BCUT2D eigenvalue weighted by atomic mass is 10.0. The first-order valence-electron chi connectivity index (χ1n) is 12.3. The first kappa shape index (κ1) is 28.2. The van der Waals surface area contributed by atoms with Crippen molar-refractivity contribution in [1.29, 1.82) is 0 Å². The third-order valence-corrected chi connectivity index (χ3v) is 8.05. The highest BCUT2D eigenvalue weighted by molar-refractivity contribution is 8.01. The molecule has 3 aromatic rings. The minimum atomic E-state index is -0.849. The second-order valence-corrected chi connectivity index (χ2v) is 11.4. The van der Waals surface area contributed by atoms with E-state index in [2.05, 4.69) is 15.5 Å². The molecule has 1 aliphatic rings. The Bertz CT molecular complexity index is 1220. The molecule has 2 heterocycles. The van der Waals surface area contributed by atoms with Gasteiger partial charge in [0.05, 0.1) is 18.8 Å². The van der Waals surface area contributed by atoms with Crippen LogP contribution < -0.4 is 5.32 Å². The van der Waals surface area contributed by atoms with Gasteiger partial charge in [0.25, 0.3) is 5.91 Å². The van der Waals surface area contributed by atoms with Crippen LogP contribution in [0.5, 0.6) is 0 Å². The highest BCUT2D eigenvalue weighted by Crippen LogP contribution is 2.39. The molecule has 1 amide bonds. The van der Waals surface area contributed by atoms with Gasteiger partial charge in [0.2, 0.25) is 0 Å². The SMILES string of the molecule is CC(=O)O[C@@H](C)C(=O)NCc1ccc([C@@H]2O[C@H](CSc3nnc(C)s3)C[C@H](c3ccc(CO)cc3)O2)cc1. The van der Waals surface area contributed by atoms with E-state index in [0.717, 1.165) is 31.6 Å². The predicted octanol–water partition coefficient (Wildman–Crippen LogP) is 4.24. The zero-order chi connectivity index (χ0) is 27.1. The minimum Gasteiger partial charge on any atom is -0.453 e. The molecule has 0 saturated carbocycles. The maximum Gasteiger partial charge on any atom is 0.303 e. The second-order valence-electron chi connectivity index (χ2n) is 8.96. The van der Waals surface area contributed by atoms with E-state index in [1.807, 2.05) is 55.5 Å². The Labute approximate surface area is 229 Å². The van der Waals surface area contributed by atoms with Crippen molar-refractivity contribution in [2.45, 2.75) is 69.3 Å². The van der Waals surface area contributed by atoms with Gasteiger partial charge in [-0.1, -0.05) is 71.6 Å². The number of nitrogens with one attached hydrogen (secondary N) is 1. The number of aliphatic hydroxyl groups is 1. The molecule has 0 aliphatic carbocycles. The van der Waals surface area contributed by atoms with Crippen molar-refractivity contribution in [2.24, 2.45) is 0 Å². The van der Waals surface area contributed by atoms with Crippen LogP contribution in [-0.4, -0.2) is 45.1 Å². The Morgan fingerprint density at radius 2 is 1.79 bits per heavy atom. The van der Waals surface area contributed by atoms with Crippen LogP contribution in [0.2, 0.25) is 0 Å². The molecule has 0 bridgehead atoms. The van der Waals surface area contributed by atoms with E-state index in [0.29, 0.717) is 18.7 Å². The van der Waals surface area contributed by atoms with Crippen molar-refractivity contribution in [3.63, 3.8) is 0 Å². The van der Waals surface area contributed by atoms with Gasteiger partial charge in [0.15, 0.2) is 16.7 Å². The van der Waals surface area contributed by atoms with Gasteiger partial charge < -0.3 is 24.6 Å². The Kier molecular flexibility index (Phi) is 9.86. The van der Waals surface area contributed by atoms with Crippen LogP contribution in [0.4, 0.5) is 0 Å². The molecule has 1 aliphatic heterocycles. The van der Waals surface area contributed by atoms with Crippen LogP contribution >= 0.6 is 23.1 Å². The zero-order valence-electron chi connectivity index (χ0n) is 21.5. The predicted molar refractivity (Wildman–Crippen MR) is 143 cm³/mol. The Morgan fingerprint density at radius 1 is 1.11 bits per heavy atom. The fraction of sp³-hybridized carbons (Fsp3) is 0.407. The van der Waals surface area contributed by atoms with E-state index in [1.54, 1.807) is 23.1 Å². The Morgan fingerprint density at radius 3 is 2.42 bits per heavy atom. The van der Waals surface area contributed by atoms with Gasteiger partial charge in [-0.2, -0.15) is 0 Å². The number of benzene rings is 2. The first-order chi connectivity index (χ1) is 18.3. The molecule has 0 radical (unpaired) electrons. The summed E-state index contributed by atoms with van der Waals surface area (Å²) in [5, 5.41) is 21.4. The third-order valence-electron chi connectivity index (χ3n) is 5.95. The molecule has 1 saturated heterocycles. The topological polar surface area (TPSA) is 120 Å². The summed E-state index contributed by atoms with van der Waals surface area (Å²) in [6.07, 6.45) is -0.986. The first-order valence-corrected chi connectivity index (χ1v) is 14.1. The molecule has 2 N–H and O–H groups in total. The van der Waals surface area contributed by atoms with E-state index in [1.165, 1.54) is 13.8 Å². The van der Waals surface area contributed by atoms with Crippen molar-refractivity contribution in [3.8, 4) is 0 Å². The van der Waals surface area contributed by atoms with Crippen LogP contribution in [0, 0.1) is 6.92 Å². The van der Waals surface area contributed by atoms with Crippen molar-refractivity contribution >= 4 is 35.0 Å². The number of hydrogen-bond acceptors (Lipinski definition) is 10. The maximum atomic E-state index is 12.1. The van der Waals surface area contributed by atoms with Gasteiger partial charge >= 0.3 is 5.97 Å². The molecule has 1 aromatic heterocycles. The normalized spacial score (nSPS) is 20.1. The highest BCUT2D eigenvalue weighted by atomic mass is 32.2. The number of carbonyl (C=O) groups is 2. The van der Waals surface area contributed by atoms with Crippen LogP contribution in [0.3, 0.4) is 0 Å². The van der Waals surface area contributed by atoms with Gasteiger partial charge in [-0.3, -0.25) is 9.59 Å². The van der Waals surface area contributed by atoms with E-state index in [-0.39, 0.29) is 24.7 Å². The average Bonchev–Trinajstić information content (AvgIpc) is 3.35. The summed E-state index contributed by atoms with van der Waals surface area (Å²) in [6.45, 7) is 5.04. The molecule has 38 heavy (non-hydrogen) atoms. The molecule has 0 spiro atoms. The number of thioether (sulfide) groups is 1. The summed E-state index contributed by atoms with van der Waals surface area (Å²) in [6, 6.07) is 15.5. The molecule has 4 rings (SSSR count). The lowest BCUT2D eigenvalue weighted by Crippen LogP contribution is -2.35. The Balaban J connectivity index is 1.43. The number of carbonyl (C=O) groups excluding carboxylic acids is 2. The third kappa shape index (κ3) is 7.84. The van der Waals surface area contributed by atoms with E-state index in [9.17, 15) is 14.7 Å². The van der Waals surface area contributed by atoms with E-state index >= 15 is 0 Å². The van der Waals surface area contributed by atoms with Crippen LogP contribution in [0.15, 0.2) is 52.9 Å². The summed E-state index contributed by atoms with van der Waals surface area (Å²) in [5.74, 6) is -0.142. The summed E-state index contributed by atoms with van der Waals surface area (Å²) in [4.78, 5) is 23.2.